The molecule has 0 bridgehead atoms. The third kappa shape index (κ3) is 2.35. The van der Waals surface area contributed by atoms with Gasteiger partial charge < -0.3 is 10.3 Å². The number of hydrogen-bond acceptors (Lipinski definition) is 5. The van der Waals surface area contributed by atoms with Crippen LogP contribution in [-0.2, 0) is 6.42 Å². The molecule has 0 saturated carbocycles. The van der Waals surface area contributed by atoms with Crippen LogP contribution in [0.3, 0.4) is 0 Å². The van der Waals surface area contributed by atoms with Gasteiger partial charge >= 0.3 is 0 Å². The smallest absolute Gasteiger partial charge is 0.260 e. The monoisotopic (exact) mass is 270 g/mol. The van der Waals surface area contributed by atoms with Crippen molar-refractivity contribution < 1.29 is 8.91 Å². The van der Waals surface area contributed by atoms with Crippen LogP contribution in [0.1, 0.15) is 11.4 Å². The van der Waals surface area contributed by atoms with Crippen molar-refractivity contribution >= 4 is 5.69 Å². The number of para-hydroxylation sites is 1. The highest BCUT2D eigenvalue weighted by molar-refractivity contribution is 5.70. The Balaban J connectivity index is 1.89. The Morgan fingerprint density at radius 3 is 2.75 bits per heavy atom. The van der Waals surface area contributed by atoms with Crippen LogP contribution in [0.15, 0.2) is 47.2 Å². The zero-order chi connectivity index (χ0) is 13.9. The first-order valence-corrected chi connectivity index (χ1v) is 6.00. The lowest BCUT2D eigenvalue weighted by Gasteiger charge is -2.00. The molecule has 0 unspecified atom stereocenters. The van der Waals surface area contributed by atoms with E-state index in [0.717, 1.165) is 5.56 Å². The van der Waals surface area contributed by atoms with Gasteiger partial charge in [0.05, 0.1) is 11.3 Å². The van der Waals surface area contributed by atoms with Gasteiger partial charge in [0, 0.05) is 18.8 Å². The van der Waals surface area contributed by atoms with Gasteiger partial charge in [-0.2, -0.15) is 4.98 Å². The summed E-state index contributed by atoms with van der Waals surface area (Å²) in [6, 6.07) is 8.21. The Morgan fingerprint density at radius 1 is 1.15 bits per heavy atom. The second-order valence-corrected chi connectivity index (χ2v) is 4.25. The van der Waals surface area contributed by atoms with E-state index < -0.39 is 5.82 Å². The molecular weight excluding hydrogens is 259 g/mol. The van der Waals surface area contributed by atoms with Crippen LogP contribution < -0.4 is 5.73 Å². The lowest BCUT2D eigenvalue weighted by molar-refractivity contribution is 0.424. The van der Waals surface area contributed by atoms with Crippen LogP contribution in [0.2, 0.25) is 0 Å². The predicted molar refractivity (Wildman–Crippen MR) is 71.1 cm³/mol. The summed E-state index contributed by atoms with van der Waals surface area (Å²) < 4.78 is 18.5. The van der Waals surface area contributed by atoms with E-state index in [2.05, 4.69) is 15.1 Å². The van der Waals surface area contributed by atoms with E-state index in [9.17, 15) is 4.39 Å². The molecule has 0 aliphatic rings. The molecule has 100 valence electrons. The van der Waals surface area contributed by atoms with E-state index in [1.807, 2.05) is 12.1 Å². The highest BCUT2D eigenvalue weighted by atomic mass is 19.1. The third-order valence-corrected chi connectivity index (χ3v) is 2.86. The summed E-state index contributed by atoms with van der Waals surface area (Å²) in [5.74, 6) is 0.220. The van der Waals surface area contributed by atoms with Crippen molar-refractivity contribution in [2.45, 2.75) is 6.42 Å². The summed E-state index contributed by atoms with van der Waals surface area (Å²) in [7, 11) is 0. The molecule has 2 N–H and O–H groups in total. The van der Waals surface area contributed by atoms with E-state index in [-0.39, 0.29) is 11.6 Å². The lowest BCUT2D eigenvalue weighted by Crippen LogP contribution is -1.95. The number of nitrogens with two attached hydrogens (primary N) is 1. The maximum atomic E-state index is 13.4. The molecule has 20 heavy (non-hydrogen) atoms. The van der Waals surface area contributed by atoms with Gasteiger partial charge in [-0.25, -0.2) is 4.39 Å². The number of nitrogen functional groups attached to an aromatic ring is 1. The average Bonchev–Trinajstić information content (AvgIpc) is 2.91. The van der Waals surface area contributed by atoms with E-state index in [1.54, 1.807) is 24.5 Å². The van der Waals surface area contributed by atoms with Gasteiger partial charge in [-0.15, -0.1) is 0 Å². The second kappa shape index (κ2) is 5.08. The van der Waals surface area contributed by atoms with Gasteiger partial charge in [0.2, 0.25) is 0 Å². The molecule has 0 spiro atoms. The number of hydrogen-bond donors (Lipinski definition) is 1. The fourth-order valence-electron chi connectivity index (χ4n) is 1.84. The Bertz CT molecular complexity index is 727. The molecule has 3 rings (SSSR count). The number of aromatic nitrogens is 3. The molecule has 5 nitrogen and oxygen atoms in total. The minimum absolute atomic E-state index is 0.00612. The maximum Gasteiger partial charge on any atom is 0.260 e. The van der Waals surface area contributed by atoms with Crippen molar-refractivity contribution in [1.82, 2.24) is 15.1 Å². The number of benzene rings is 1. The third-order valence-electron chi connectivity index (χ3n) is 2.86. The number of halogens is 1. The van der Waals surface area contributed by atoms with Crippen molar-refractivity contribution in [3.05, 3.63) is 59.9 Å². The predicted octanol–water partition coefficient (Wildman–Crippen LogP) is 2.44. The lowest BCUT2D eigenvalue weighted by atomic mass is 10.1. The van der Waals surface area contributed by atoms with Crippen molar-refractivity contribution in [2.24, 2.45) is 0 Å². The van der Waals surface area contributed by atoms with Crippen LogP contribution in [0.4, 0.5) is 10.1 Å². The minimum atomic E-state index is -0.503. The first-order valence-electron chi connectivity index (χ1n) is 6.00. The fraction of sp³-hybridized carbons (Fsp3) is 0.0714. The highest BCUT2D eigenvalue weighted by Gasteiger charge is 2.14. The van der Waals surface area contributed by atoms with Crippen molar-refractivity contribution in [1.29, 1.82) is 0 Å². The maximum absolute atomic E-state index is 13.4. The minimum Gasteiger partial charge on any atom is -0.396 e. The van der Waals surface area contributed by atoms with E-state index in [0.29, 0.717) is 17.8 Å². The van der Waals surface area contributed by atoms with E-state index >= 15 is 0 Å². The molecule has 0 radical (unpaired) electrons. The van der Waals surface area contributed by atoms with Crippen molar-refractivity contribution in [3.8, 4) is 11.5 Å². The molecule has 2 aromatic heterocycles. The molecule has 3 aromatic rings. The van der Waals surface area contributed by atoms with Crippen molar-refractivity contribution in [3.63, 3.8) is 0 Å². The molecule has 0 aliphatic carbocycles. The first kappa shape index (κ1) is 12.3. The standard InChI is InChI=1S/C14H11FN4O/c15-11-3-1-2-10(13(11)16)14-18-12(19-20-14)8-9-4-6-17-7-5-9/h1-7H,8,16H2. The van der Waals surface area contributed by atoms with Crippen LogP contribution in [0.5, 0.6) is 0 Å². The van der Waals surface area contributed by atoms with Crippen LogP contribution in [0, 0.1) is 5.82 Å². The Kier molecular flexibility index (Phi) is 3.12. The summed E-state index contributed by atoms with van der Waals surface area (Å²) in [5, 5.41) is 3.87. The SMILES string of the molecule is Nc1c(F)cccc1-c1nc(Cc2ccncc2)no1. The summed E-state index contributed by atoms with van der Waals surface area (Å²) in [6.45, 7) is 0. The molecule has 2 heterocycles. The largest absolute Gasteiger partial charge is 0.396 e. The van der Waals surface area contributed by atoms with Gasteiger partial charge in [0.15, 0.2) is 5.82 Å². The Morgan fingerprint density at radius 2 is 1.95 bits per heavy atom. The summed E-state index contributed by atoms with van der Waals surface area (Å²) in [4.78, 5) is 8.17. The molecule has 0 saturated heterocycles. The Hall–Kier alpha value is -2.76. The molecule has 1 aromatic carbocycles. The molecule has 0 fully saturated rings. The van der Waals surface area contributed by atoms with Crippen LogP contribution in [0.25, 0.3) is 11.5 Å². The quantitative estimate of drug-likeness (QED) is 0.739. The van der Waals surface area contributed by atoms with Crippen LogP contribution >= 0.6 is 0 Å². The topological polar surface area (TPSA) is 77.8 Å². The zero-order valence-corrected chi connectivity index (χ0v) is 10.5. The van der Waals surface area contributed by atoms with E-state index in [1.165, 1.54) is 6.07 Å². The molecule has 0 amide bonds. The van der Waals surface area contributed by atoms with Crippen molar-refractivity contribution in [2.75, 3.05) is 5.73 Å². The molecular formula is C14H11FN4O. The molecule has 0 atom stereocenters. The summed E-state index contributed by atoms with van der Waals surface area (Å²) >= 11 is 0. The van der Waals surface area contributed by atoms with Gasteiger partial charge in [0.25, 0.3) is 5.89 Å². The summed E-state index contributed by atoms with van der Waals surface area (Å²) in [6.07, 6.45) is 3.91. The second-order valence-electron chi connectivity index (χ2n) is 4.25. The van der Waals surface area contributed by atoms with Crippen LogP contribution in [-0.4, -0.2) is 15.1 Å². The van der Waals surface area contributed by atoms with Gasteiger partial charge in [-0.05, 0) is 29.8 Å². The van der Waals surface area contributed by atoms with Gasteiger partial charge in [-0.3, -0.25) is 4.98 Å². The summed E-state index contributed by atoms with van der Waals surface area (Å²) in [5.41, 5.74) is 7.09. The van der Waals surface area contributed by atoms with E-state index in [4.69, 9.17) is 10.3 Å². The van der Waals surface area contributed by atoms with Gasteiger partial charge in [0.1, 0.15) is 5.82 Å². The fourth-order valence-corrected chi connectivity index (χ4v) is 1.84. The zero-order valence-electron chi connectivity index (χ0n) is 10.5. The number of nitrogens with zero attached hydrogens (tertiary/aromatic N) is 3. The number of rotatable bonds is 3. The number of pyridine rings is 1. The normalized spacial score (nSPS) is 10.7. The first-order chi connectivity index (χ1) is 9.74. The highest BCUT2D eigenvalue weighted by Crippen LogP contribution is 2.26. The number of anilines is 1. The Labute approximate surface area is 114 Å². The molecule has 6 heteroatoms. The molecule has 0 aliphatic heterocycles. The average molecular weight is 270 g/mol. The van der Waals surface area contributed by atoms with Gasteiger partial charge in [-0.1, -0.05) is 11.2 Å².